The predicted molar refractivity (Wildman–Crippen MR) is 51.0 cm³/mol. The standard InChI is InChI=1S/C10H14N2O2/c13-5-3-9-7-14-10(12-9)6-8-2-1-4-11-8/h5,7-8,11H,1-4,6H2. The Morgan fingerprint density at radius 2 is 2.64 bits per heavy atom. The number of nitrogens with one attached hydrogen (secondary N) is 1. The number of hydrogen-bond acceptors (Lipinski definition) is 4. The van der Waals surface area contributed by atoms with Crippen molar-refractivity contribution in [3.8, 4) is 0 Å². The first-order valence-electron chi connectivity index (χ1n) is 4.99. The number of aldehydes is 1. The summed E-state index contributed by atoms with van der Waals surface area (Å²) < 4.78 is 5.27. The van der Waals surface area contributed by atoms with Crippen LogP contribution in [0.3, 0.4) is 0 Å². The molecule has 4 heteroatoms. The van der Waals surface area contributed by atoms with Gasteiger partial charge in [0.15, 0.2) is 5.89 Å². The summed E-state index contributed by atoms with van der Waals surface area (Å²) in [5, 5.41) is 3.38. The van der Waals surface area contributed by atoms with Gasteiger partial charge in [-0.15, -0.1) is 0 Å². The van der Waals surface area contributed by atoms with Crippen LogP contribution < -0.4 is 5.32 Å². The van der Waals surface area contributed by atoms with Gasteiger partial charge in [-0.25, -0.2) is 4.98 Å². The lowest BCUT2D eigenvalue weighted by atomic mass is 10.1. The van der Waals surface area contributed by atoms with Gasteiger partial charge in [0.2, 0.25) is 0 Å². The number of carbonyl (C=O) groups excluding carboxylic acids is 1. The van der Waals surface area contributed by atoms with Gasteiger partial charge in [0, 0.05) is 18.9 Å². The third-order valence-corrected chi connectivity index (χ3v) is 2.48. The molecule has 0 spiro atoms. The maximum absolute atomic E-state index is 10.2. The third kappa shape index (κ3) is 2.20. The topological polar surface area (TPSA) is 55.1 Å². The van der Waals surface area contributed by atoms with Crippen molar-refractivity contribution in [1.82, 2.24) is 10.3 Å². The molecule has 0 saturated carbocycles. The fourth-order valence-corrected chi connectivity index (χ4v) is 1.76. The van der Waals surface area contributed by atoms with Crippen molar-refractivity contribution in [2.24, 2.45) is 0 Å². The van der Waals surface area contributed by atoms with E-state index in [9.17, 15) is 4.79 Å². The van der Waals surface area contributed by atoms with Gasteiger partial charge in [-0.05, 0) is 19.4 Å². The first kappa shape index (κ1) is 9.40. The van der Waals surface area contributed by atoms with Crippen LogP contribution in [0.25, 0.3) is 0 Å². The van der Waals surface area contributed by atoms with E-state index < -0.39 is 0 Å². The summed E-state index contributed by atoms with van der Waals surface area (Å²) in [5.41, 5.74) is 0.730. The van der Waals surface area contributed by atoms with Crippen LogP contribution in [0.2, 0.25) is 0 Å². The van der Waals surface area contributed by atoms with E-state index in [2.05, 4.69) is 10.3 Å². The Bertz CT molecular complexity index is 303. The molecule has 0 aliphatic carbocycles. The van der Waals surface area contributed by atoms with E-state index >= 15 is 0 Å². The van der Waals surface area contributed by atoms with Gasteiger partial charge >= 0.3 is 0 Å². The summed E-state index contributed by atoms with van der Waals surface area (Å²) in [6.45, 7) is 1.09. The number of rotatable bonds is 4. The summed E-state index contributed by atoms with van der Waals surface area (Å²) in [6, 6.07) is 0.498. The van der Waals surface area contributed by atoms with E-state index in [-0.39, 0.29) is 0 Å². The van der Waals surface area contributed by atoms with Gasteiger partial charge in [-0.3, -0.25) is 0 Å². The van der Waals surface area contributed by atoms with Crippen molar-refractivity contribution in [2.75, 3.05) is 6.54 Å². The molecule has 1 atom stereocenters. The second kappa shape index (κ2) is 4.37. The Balaban J connectivity index is 1.91. The lowest BCUT2D eigenvalue weighted by molar-refractivity contribution is -0.107. The lowest BCUT2D eigenvalue weighted by Gasteiger charge is -2.05. The van der Waals surface area contributed by atoms with E-state index in [1.54, 1.807) is 6.26 Å². The number of carbonyl (C=O) groups is 1. The Kier molecular flexibility index (Phi) is 2.93. The van der Waals surface area contributed by atoms with Crippen LogP contribution in [0.4, 0.5) is 0 Å². The van der Waals surface area contributed by atoms with Crippen LogP contribution in [0.5, 0.6) is 0 Å². The van der Waals surface area contributed by atoms with Crippen molar-refractivity contribution in [1.29, 1.82) is 0 Å². The normalized spacial score (nSPS) is 21.3. The number of hydrogen-bond donors (Lipinski definition) is 1. The van der Waals surface area contributed by atoms with Crippen LogP contribution in [0, 0.1) is 0 Å². The molecule has 0 radical (unpaired) electrons. The van der Waals surface area contributed by atoms with E-state index in [4.69, 9.17) is 4.42 Å². The monoisotopic (exact) mass is 194 g/mol. The molecule has 76 valence electrons. The zero-order chi connectivity index (χ0) is 9.80. The van der Waals surface area contributed by atoms with Gasteiger partial charge < -0.3 is 14.5 Å². The fourth-order valence-electron chi connectivity index (χ4n) is 1.76. The van der Waals surface area contributed by atoms with Gasteiger partial charge in [-0.2, -0.15) is 0 Å². The maximum atomic E-state index is 10.2. The molecule has 1 aromatic heterocycles. The second-order valence-corrected chi connectivity index (χ2v) is 3.60. The minimum absolute atomic E-state index is 0.349. The molecular formula is C10H14N2O2. The summed E-state index contributed by atoms with van der Waals surface area (Å²) >= 11 is 0. The molecule has 0 aromatic carbocycles. The molecule has 0 bridgehead atoms. The summed E-state index contributed by atoms with van der Waals surface area (Å²) in [7, 11) is 0. The maximum Gasteiger partial charge on any atom is 0.195 e. The zero-order valence-electron chi connectivity index (χ0n) is 8.03. The molecule has 1 fully saturated rings. The van der Waals surface area contributed by atoms with Crippen molar-refractivity contribution in [2.45, 2.75) is 31.7 Å². The lowest BCUT2D eigenvalue weighted by Crippen LogP contribution is -2.23. The molecule has 2 heterocycles. The van der Waals surface area contributed by atoms with Crippen molar-refractivity contribution >= 4 is 6.29 Å². The Morgan fingerprint density at radius 3 is 3.36 bits per heavy atom. The summed E-state index contributed by atoms with van der Waals surface area (Å²) in [5.74, 6) is 0.737. The quantitative estimate of drug-likeness (QED) is 0.717. The van der Waals surface area contributed by atoms with Crippen LogP contribution in [-0.2, 0) is 17.6 Å². The number of aromatic nitrogens is 1. The van der Waals surface area contributed by atoms with Crippen molar-refractivity contribution in [3.05, 3.63) is 17.8 Å². The minimum Gasteiger partial charge on any atom is -0.449 e. The first-order valence-corrected chi connectivity index (χ1v) is 4.99. The highest BCUT2D eigenvalue weighted by atomic mass is 16.3. The molecule has 1 unspecified atom stereocenters. The average Bonchev–Trinajstić information content (AvgIpc) is 2.79. The Labute approximate surface area is 82.7 Å². The molecule has 1 aliphatic rings. The van der Waals surface area contributed by atoms with Crippen molar-refractivity contribution < 1.29 is 9.21 Å². The van der Waals surface area contributed by atoms with E-state index in [0.29, 0.717) is 12.5 Å². The predicted octanol–water partition coefficient (Wildman–Crippen LogP) is 0.710. The van der Waals surface area contributed by atoms with Crippen LogP contribution in [0.1, 0.15) is 24.4 Å². The average molecular weight is 194 g/mol. The van der Waals surface area contributed by atoms with Crippen LogP contribution in [0.15, 0.2) is 10.7 Å². The molecule has 1 aromatic rings. The Morgan fingerprint density at radius 1 is 1.71 bits per heavy atom. The van der Waals surface area contributed by atoms with Crippen molar-refractivity contribution in [3.63, 3.8) is 0 Å². The molecular weight excluding hydrogens is 180 g/mol. The molecule has 1 aliphatic heterocycles. The molecule has 1 saturated heterocycles. The van der Waals surface area contributed by atoms with E-state index in [0.717, 1.165) is 30.8 Å². The van der Waals surface area contributed by atoms with Crippen LogP contribution in [-0.4, -0.2) is 23.9 Å². The smallest absolute Gasteiger partial charge is 0.195 e. The summed E-state index contributed by atoms with van der Waals surface area (Å²) in [6.07, 6.45) is 6.01. The van der Waals surface area contributed by atoms with Crippen LogP contribution >= 0.6 is 0 Å². The molecule has 4 nitrogen and oxygen atoms in total. The molecule has 0 amide bonds. The largest absolute Gasteiger partial charge is 0.449 e. The number of oxazole rings is 1. The van der Waals surface area contributed by atoms with Gasteiger partial charge in [0.05, 0.1) is 5.69 Å². The third-order valence-electron chi connectivity index (χ3n) is 2.48. The van der Waals surface area contributed by atoms with Gasteiger partial charge in [0.25, 0.3) is 0 Å². The molecule has 1 N–H and O–H groups in total. The van der Waals surface area contributed by atoms with Gasteiger partial charge in [-0.1, -0.05) is 0 Å². The zero-order valence-corrected chi connectivity index (χ0v) is 8.03. The van der Waals surface area contributed by atoms with Gasteiger partial charge in [0.1, 0.15) is 12.5 Å². The minimum atomic E-state index is 0.349. The summed E-state index contributed by atoms with van der Waals surface area (Å²) in [4.78, 5) is 14.5. The fraction of sp³-hybridized carbons (Fsp3) is 0.600. The van der Waals surface area contributed by atoms with E-state index in [1.165, 1.54) is 12.8 Å². The molecule has 2 rings (SSSR count). The first-order chi connectivity index (χ1) is 6.88. The Hall–Kier alpha value is -1.16. The second-order valence-electron chi connectivity index (χ2n) is 3.60. The SMILES string of the molecule is O=CCc1coc(CC2CCCN2)n1. The van der Waals surface area contributed by atoms with E-state index in [1.807, 2.05) is 0 Å². The highest BCUT2D eigenvalue weighted by molar-refractivity contribution is 5.53. The number of nitrogens with zero attached hydrogens (tertiary/aromatic N) is 1. The highest BCUT2D eigenvalue weighted by Gasteiger charge is 2.16. The molecule has 14 heavy (non-hydrogen) atoms. The highest BCUT2D eigenvalue weighted by Crippen LogP contribution is 2.11.